The number of nitrogens with zero attached hydrogens (tertiary/aromatic N) is 4. The third-order valence-electron chi connectivity index (χ3n) is 9.15. The highest BCUT2D eigenvalue weighted by molar-refractivity contribution is 6.30. The Morgan fingerprint density at radius 1 is 0.378 bits per heavy atom. The fourth-order valence-corrected chi connectivity index (χ4v) is 7.18. The second-order valence-electron chi connectivity index (χ2n) is 11.7. The smallest absolute Gasteiger partial charge is 0.238 e. The average molecular weight is 573 g/mol. The lowest BCUT2D eigenvalue weighted by Gasteiger charge is -2.12. The SMILES string of the molecule is c1ccc(-c2nc(-c3ccccc3)nc(-n3c4cc5ccccc5cc4c4c5cccc6c5c(cc43)-c3ccccc3-6)n2)cc1. The lowest BCUT2D eigenvalue weighted by Crippen LogP contribution is -2.06. The summed E-state index contributed by atoms with van der Waals surface area (Å²) in [6.07, 6.45) is 0. The van der Waals surface area contributed by atoms with Crippen LogP contribution < -0.4 is 0 Å². The number of benzene rings is 7. The Morgan fingerprint density at radius 2 is 0.956 bits per heavy atom. The zero-order chi connectivity index (χ0) is 29.5. The molecule has 0 saturated heterocycles. The average Bonchev–Trinajstić information content (AvgIpc) is 3.61. The lowest BCUT2D eigenvalue weighted by molar-refractivity contribution is 0.954. The summed E-state index contributed by atoms with van der Waals surface area (Å²) >= 11 is 0. The van der Waals surface area contributed by atoms with Crippen LogP contribution in [0.5, 0.6) is 0 Å². The molecule has 45 heavy (non-hydrogen) atoms. The molecule has 0 amide bonds. The van der Waals surface area contributed by atoms with E-state index in [9.17, 15) is 0 Å². The van der Waals surface area contributed by atoms with Crippen molar-refractivity contribution in [1.82, 2.24) is 19.5 Å². The van der Waals surface area contributed by atoms with Crippen molar-refractivity contribution in [1.29, 1.82) is 0 Å². The highest BCUT2D eigenvalue weighted by Gasteiger charge is 2.26. The number of fused-ring (bicyclic) bond motifs is 8. The summed E-state index contributed by atoms with van der Waals surface area (Å²) in [6.45, 7) is 0. The highest BCUT2D eigenvalue weighted by atomic mass is 15.2. The molecular weight excluding hydrogens is 548 g/mol. The molecule has 1 aliphatic rings. The Kier molecular flexibility index (Phi) is 4.96. The summed E-state index contributed by atoms with van der Waals surface area (Å²) in [4.78, 5) is 15.4. The van der Waals surface area contributed by atoms with Crippen LogP contribution in [-0.4, -0.2) is 19.5 Å². The van der Waals surface area contributed by atoms with Gasteiger partial charge in [-0.15, -0.1) is 0 Å². The van der Waals surface area contributed by atoms with Gasteiger partial charge in [0.1, 0.15) is 0 Å². The van der Waals surface area contributed by atoms with Crippen LogP contribution in [-0.2, 0) is 0 Å². The summed E-state index contributed by atoms with van der Waals surface area (Å²) < 4.78 is 2.25. The molecular formula is C41H24N4. The molecule has 0 N–H and O–H groups in total. The van der Waals surface area contributed by atoms with Crippen LogP contribution in [0.1, 0.15) is 0 Å². The van der Waals surface area contributed by atoms with Gasteiger partial charge in [0.2, 0.25) is 5.95 Å². The number of hydrogen-bond acceptors (Lipinski definition) is 3. The van der Waals surface area contributed by atoms with Gasteiger partial charge in [-0.25, -0.2) is 4.98 Å². The molecule has 0 bridgehead atoms. The van der Waals surface area contributed by atoms with Crippen molar-refractivity contribution >= 4 is 43.4 Å². The van der Waals surface area contributed by atoms with Crippen molar-refractivity contribution in [2.24, 2.45) is 0 Å². The Hall–Kier alpha value is -6.13. The van der Waals surface area contributed by atoms with Gasteiger partial charge in [0.25, 0.3) is 0 Å². The van der Waals surface area contributed by atoms with Gasteiger partial charge in [-0.05, 0) is 62.0 Å². The lowest BCUT2D eigenvalue weighted by atomic mass is 9.97. The first-order valence-electron chi connectivity index (χ1n) is 15.2. The van der Waals surface area contributed by atoms with Gasteiger partial charge in [-0.1, -0.05) is 127 Å². The van der Waals surface area contributed by atoms with Crippen LogP contribution in [0.2, 0.25) is 0 Å². The molecule has 0 radical (unpaired) electrons. The van der Waals surface area contributed by atoms with Crippen LogP contribution >= 0.6 is 0 Å². The van der Waals surface area contributed by atoms with Gasteiger partial charge in [0.15, 0.2) is 11.6 Å². The largest absolute Gasteiger partial charge is 0.278 e. The minimum atomic E-state index is 0.604. The predicted octanol–water partition coefficient (Wildman–Crippen LogP) is 10.3. The van der Waals surface area contributed by atoms with Crippen molar-refractivity contribution in [2.75, 3.05) is 0 Å². The molecule has 1 aliphatic carbocycles. The van der Waals surface area contributed by atoms with E-state index in [-0.39, 0.29) is 0 Å². The molecule has 9 aromatic rings. The summed E-state index contributed by atoms with van der Waals surface area (Å²) in [5.74, 6) is 1.90. The minimum absolute atomic E-state index is 0.604. The van der Waals surface area contributed by atoms with Crippen molar-refractivity contribution in [2.45, 2.75) is 0 Å². The first kappa shape index (κ1) is 24.3. The van der Waals surface area contributed by atoms with Gasteiger partial charge < -0.3 is 0 Å². The maximum Gasteiger partial charge on any atom is 0.238 e. The van der Waals surface area contributed by atoms with E-state index in [1.54, 1.807) is 0 Å². The summed E-state index contributed by atoms with van der Waals surface area (Å²) in [5, 5.41) is 7.34. The molecule has 10 rings (SSSR count). The fraction of sp³-hybridized carbons (Fsp3) is 0. The van der Waals surface area contributed by atoms with E-state index in [0.717, 1.165) is 22.2 Å². The van der Waals surface area contributed by atoms with E-state index in [1.807, 2.05) is 36.4 Å². The second-order valence-corrected chi connectivity index (χ2v) is 11.7. The Balaban J connectivity index is 1.39. The van der Waals surface area contributed by atoms with E-state index in [0.29, 0.717) is 17.6 Å². The van der Waals surface area contributed by atoms with Gasteiger partial charge in [0, 0.05) is 21.9 Å². The number of aromatic nitrogens is 4. The second kappa shape index (κ2) is 9.18. The summed E-state index contributed by atoms with van der Waals surface area (Å²) in [5.41, 5.74) is 9.14. The monoisotopic (exact) mass is 572 g/mol. The highest BCUT2D eigenvalue weighted by Crippen LogP contribution is 2.51. The molecule has 4 nitrogen and oxygen atoms in total. The van der Waals surface area contributed by atoms with E-state index in [2.05, 4.69) is 114 Å². The molecule has 4 heteroatoms. The Labute approximate surface area is 258 Å². The van der Waals surface area contributed by atoms with Crippen LogP contribution in [0.3, 0.4) is 0 Å². The normalized spacial score (nSPS) is 12.0. The van der Waals surface area contributed by atoms with E-state index in [1.165, 1.54) is 54.6 Å². The van der Waals surface area contributed by atoms with E-state index >= 15 is 0 Å². The van der Waals surface area contributed by atoms with Gasteiger partial charge >= 0.3 is 0 Å². The maximum absolute atomic E-state index is 5.19. The number of rotatable bonds is 3. The van der Waals surface area contributed by atoms with Crippen molar-refractivity contribution in [3.63, 3.8) is 0 Å². The Morgan fingerprint density at radius 3 is 1.64 bits per heavy atom. The van der Waals surface area contributed by atoms with E-state index < -0.39 is 0 Å². The third-order valence-corrected chi connectivity index (χ3v) is 9.15. The summed E-state index contributed by atoms with van der Waals surface area (Å²) in [6, 6.07) is 51.3. The molecule has 2 aromatic heterocycles. The molecule has 0 aliphatic heterocycles. The van der Waals surface area contributed by atoms with Gasteiger partial charge in [0.05, 0.1) is 11.0 Å². The predicted molar refractivity (Wildman–Crippen MR) is 184 cm³/mol. The van der Waals surface area contributed by atoms with Crippen molar-refractivity contribution in [3.8, 4) is 51.0 Å². The molecule has 208 valence electrons. The van der Waals surface area contributed by atoms with Crippen LogP contribution in [0.15, 0.2) is 146 Å². The zero-order valence-electron chi connectivity index (χ0n) is 24.1. The standard InChI is InChI=1S/C41H24N4/c1-3-12-25(13-4-1)39-42-40(26-14-5-2-6-15-26)44-41(43-39)45-35-23-28-17-8-7-16-27(28)22-34(35)38-32-21-11-20-31-29-18-9-10-19-30(29)33(37(31)32)24-36(38)45/h1-24H. The number of hydrogen-bond donors (Lipinski definition) is 0. The Bertz CT molecular complexity index is 2580. The first-order chi connectivity index (χ1) is 22.3. The zero-order valence-corrected chi connectivity index (χ0v) is 24.1. The van der Waals surface area contributed by atoms with Crippen LogP contribution in [0.4, 0.5) is 0 Å². The quantitative estimate of drug-likeness (QED) is 0.212. The van der Waals surface area contributed by atoms with Gasteiger partial charge in [-0.3, -0.25) is 4.57 Å². The van der Waals surface area contributed by atoms with Crippen molar-refractivity contribution < 1.29 is 0 Å². The molecule has 7 aromatic carbocycles. The molecule has 0 atom stereocenters. The minimum Gasteiger partial charge on any atom is -0.278 e. The molecule has 0 saturated carbocycles. The first-order valence-corrected chi connectivity index (χ1v) is 15.2. The van der Waals surface area contributed by atoms with Crippen molar-refractivity contribution in [3.05, 3.63) is 146 Å². The third kappa shape index (κ3) is 3.51. The van der Waals surface area contributed by atoms with E-state index in [4.69, 9.17) is 15.0 Å². The topological polar surface area (TPSA) is 43.6 Å². The maximum atomic E-state index is 5.19. The van der Waals surface area contributed by atoms with Crippen LogP contribution in [0.25, 0.3) is 94.3 Å². The summed E-state index contributed by atoms with van der Waals surface area (Å²) in [7, 11) is 0. The van der Waals surface area contributed by atoms with Crippen LogP contribution in [0, 0.1) is 0 Å². The molecule has 0 unspecified atom stereocenters. The van der Waals surface area contributed by atoms with Gasteiger partial charge in [-0.2, -0.15) is 9.97 Å². The molecule has 0 spiro atoms. The fourth-order valence-electron chi connectivity index (χ4n) is 7.18. The molecule has 0 fully saturated rings. The molecule has 2 heterocycles.